The number of hydrogen-bond donors (Lipinski definition) is 3. The highest BCUT2D eigenvalue weighted by atomic mass is 32.2. The number of carbonyl (C=O) groups is 2. The molecule has 3 N–H and O–H groups in total. The summed E-state index contributed by atoms with van der Waals surface area (Å²) in [6, 6.07) is 2.47. The first kappa shape index (κ1) is 15.1. The highest BCUT2D eigenvalue weighted by Gasteiger charge is 2.22. The van der Waals surface area contributed by atoms with Crippen LogP contribution < -0.4 is 10.6 Å². The van der Waals surface area contributed by atoms with Crippen molar-refractivity contribution in [3.05, 3.63) is 30.5 Å². The van der Waals surface area contributed by atoms with Gasteiger partial charge >= 0.3 is 0 Å². The first-order valence-electron chi connectivity index (χ1n) is 6.20. The molecule has 0 bridgehead atoms. The molecule has 2 amide bonds. The zero-order valence-corrected chi connectivity index (χ0v) is 12.1. The second kappa shape index (κ2) is 7.48. The maximum Gasteiger partial charge on any atom is 0.287 e. The smallest absolute Gasteiger partial charge is 0.287 e. The molecule has 0 radical (unpaired) electrons. The minimum absolute atomic E-state index is 0.164. The minimum atomic E-state index is -0.680. The molecule has 2 aromatic rings. The fourth-order valence-corrected chi connectivity index (χ4v) is 2.08. The van der Waals surface area contributed by atoms with Gasteiger partial charge in [0, 0.05) is 0 Å². The normalized spacial score (nSPS) is 11.9. The molecule has 9 heteroatoms. The molecule has 112 valence electrons. The van der Waals surface area contributed by atoms with E-state index in [1.807, 2.05) is 6.26 Å². The van der Waals surface area contributed by atoms with Crippen molar-refractivity contribution in [2.75, 3.05) is 17.3 Å². The summed E-state index contributed by atoms with van der Waals surface area (Å²) in [4.78, 5) is 27.9. The summed E-state index contributed by atoms with van der Waals surface area (Å²) in [5.41, 5.74) is 0. The number of carbonyl (C=O) groups excluding carboxylic acids is 2. The first-order valence-corrected chi connectivity index (χ1v) is 7.59. The lowest BCUT2D eigenvalue weighted by atomic mass is 10.2. The van der Waals surface area contributed by atoms with Gasteiger partial charge in [0.15, 0.2) is 5.76 Å². The monoisotopic (exact) mass is 309 g/mol. The van der Waals surface area contributed by atoms with Gasteiger partial charge in [-0.1, -0.05) is 0 Å². The Labute approximate surface area is 125 Å². The lowest BCUT2D eigenvalue weighted by Gasteiger charge is -2.16. The Balaban J connectivity index is 1.99. The molecule has 0 saturated heterocycles. The Morgan fingerprint density at radius 3 is 3.00 bits per heavy atom. The van der Waals surface area contributed by atoms with E-state index in [4.69, 9.17) is 4.42 Å². The number of furan rings is 1. The third kappa shape index (κ3) is 4.35. The first-order chi connectivity index (χ1) is 10.2. The van der Waals surface area contributed by atoms with Gasteiger partial charge in [-0.05, 0) is 30.6 Å². The largest absolute Gasteiger partial charge is 0.459 e. The van der Waals surface area contributed by atoms with Gasteiger partial charge in [-0.3, -0.25) is 14.9 Å². The zero-order valence-electron chi connectivity index (χ0n) is 11.3. The van der Waals surface area contributed by atoms with Crippen LogP contribution in [0.1, 0.15) is 17.0 Å². The number of amides is 2. The molecule has 1 unspecified atom stereocenters. The third-order valence-corrected chi connectivity index (χ3v) is 3.28. The van der Waals surface area contributed by atoms with Gasteiger partial charge in [0.05, 0.1) is 6.26 Å². The Bertz CT molecular complexity index is 570. The lowest BCUT2D eigenvalue weighted by molar-refractivity contribution is -0.118. The molecule has 1 atom stereocenters. The maximum absolute atomic E-state index is 12.2. The van der Waals surface area contributed by atoms with Gasteiger partial charge in [0.1, 0.15) is 12.4 Å². The fourth-order valence-electron chi connectivity index (χ4n) is 1.61. The topological polar surface area (TPSA) is 113 Å². The highest BCUT2D eigenvalue weighted by Crippen LogP contribution is 2.06. The van der Waals surface area contributed by atoms with E-state index in [-0.39, 0.29) is 17.6 Å². The maximum atomic E-state index is 12.2. The van der Waals surface area contributed by atoms with Crippen molar-refractivity contribution in [2.45, 2.75) is 12.5 Å². The molecule has 2 rings (SSSR count). The van der Waals surface area contributed by atoms with Crippen molar-refractivity contribution in [1.29, 1.82) is 0 Å². The molecule has 21 heavy (non-hydrogen) atoms. The van der Waals surface area contributed by atoms with E-state index in [2.05, 4.69) is 25.8 Å². The van der Waals surface area contributed by atoms with Gasteiger partial charge in [-0.15, -0.1) is 0 Å². The fraction of sp³-hybridized carbons (Fsp3) is 0.333. The Kier molecular flexibility index (Phi) is 5.38. The summed E-state index contributed by atoms with van der Waals surface area (Å²) in [5.74, 6) is 0.338. The van der Waals surface area contributed by atoms with Crippen molar-refractivity contribution in [3.63, 3.8) is 0 Å². The Morgan fingerprint density at radius 2 is 2.38 bits per heavy atom. The molecular weight excluding hydrogens is 294 g/mol. The number of aromatic amines is 1. The number of hydrogen-bond acceptors (Lipinski definition) is 6. The Morgan fingerprint density at radius 1 is 1.52 bits per heavy atom. The summed E-state index contributed by atoms with van der Waals surface area (Å²) >= 11 is 1.59. The molecule has 0 spiro atoms. The number of rotatable bonds is 7. The van der Waals surface area contributed by atoms with Gasteiger partial charge in [0.25, 0.3) is 5.91 Å². The van der Waals surface area contributed by atoms with Crippen LogP contribution in [0, 0.1) is 0 Å². The van der Waals surface area contributed by atoms with Crippen molar-refractivity contribution in [3.8, 4) is 0 Å². The van der Waals surface area contributed by atoms with E-state index in [1.54, 1.807) is 17.8 Å². The predicted molar refractivity (Wildman–Crippen MR) is 78.0 cm³/mol. The molecule has 2 heterocycles. The number of nitrogens with one attached hydrogen (secondary N) is 3. The van der Waals surface area contributed by atoms with Crippen LogP contribution in [0.15, 0.2) is 29.1 Å². The predicted octanol–water partition coefficient (Wildman–Crippen LogP) is 0.888. The van der Waals surface area contributed by atoms with E-state index >= 15 is 0 Å². The molecule has 0 fully saturated rings. The van der Waals surface area contributed by atoms with E-state index in [0.717, 1.165) is 5.75 Å². The van der Waals surface area contributed by atoms with Crippen LogP contribution in [0.4, 0.5) is 5.95 Å². The minimum Gasteiger partial charge on any atom is -0.459 e. The van der Waals surface area contributed by atoms with Gasteiger partial charge in [-0.2, -0.15) is 21.8 Å². The van der Waals surface area contributed by atoms with Gasteiger partial charge in [0.2, 0.25) is 11.9 Å². The Hall–Kier alpha value is -2.29. The molecular formula is C12H15N5O3S. The lowest BCUT2D eigenvalue weighted by Crippen LogP contribution is -2.44. The molecule has 0 aliphatic carbocycles. The average Bonchev–Trinajstić information content (AvgIpc) is 3.15. The third-order valence-electron chi connectivity index (χ3n) is 2.63. The second-order valence-electron chi connectivity index (χ2n) is 4.11. The summed E-state index contributed by atoms with van der Waals surface area (Å²) in [5, 5.41) is 11.4. The van der Waals surface area contributed by atoms with E-state index < -0.39 is 11.9 Å². The average molecular weight is 309 g/mol. The van der Waals surface area contributed by atoms with Crippen molar-refractivity contribution < 1.29 is 14.0 Å². The van der Waals surface area contributed by atoms with Gasteiger partial charge in [-0.25, -0.2) is 5.10 Å². The number of anilines is 1. The van der Waals surface area contributed by atoms with Crippen LogP contribution in [0.3, 0.4) is 0 Å². The van der Waals surface area contributed by atoms with Crippen LogP contribution in [0.5, 0.6) is 0 Å². The molecule has 8 nitrogen and oxygen atoms in total. The number of thioether (sulfide) groups is 1. The molecule has 0 aliphatic heterocycles. The SMILES string of the molecule is CSCCC(NC(=O)c1ccco1)C(=O)Nc1ncn[nH]1. The summed E-state index contributed by atoms with van der Waals surface area (Å²) in [6.45, 7) is 0. The van der Waals surface area contributed by atoms with Crippen molar-refractivity contribution in [2.24, 2.45) is 0 Å². The molecule has 0 saturated carbocycles. The van der Waals surface area contributed by atoms with Crippen LogP contribution in [0.2, 0.25) is 0 Å². The second-order valence-corrected chi connectivity index (χ2v) is 5.09. The van der Waals surface area contributed by atoms with E-state index in [1.165, 1.54) is 18.7 Å². The quantitative estimate of drug-likeness (QED) is 0.700. The molecule has 2 aromatic heterocycles. The van der Waals surface area contributed by atoms with Crippen molar-refractivity contribution >= 4 is 29.5 Å². The van der Waals surface area contributed by atoms with Crippen molar-refractivity contribution in [1.82, 2.24) is 20.5 Å². The number of H-pyrrole nitrogens is 1. The van der Waals surface area contributed by atoms with E-state index in [0.29, 0.717) is 6.42 Å². The summed E-state index contributed by atoms with van der Waals surface area (Å²) in [7, 11) is 0. The van der Waals surface area contributed by atoms with Crippen LogP contribution in [-0.2, 0) is 4.79 Å². The van der Waals surface area contributed by atoms with Crippen LogP contribution in [0.25, 0.3) is 0 Å². The number of aromatic nitrogens is 3. The van der Waals surface area contributed by atoms with Crippen LogP contribution in [-0.4, -0.2) is 45.0 Å². The number of nitrogens with zero attached hydrogens (tertiary/aromatic N) is 2. The molecule has 0 aromatic carbocycles. The van der Waals surface area contributed by atoms with Crippen LogP contribution >= 0.6 is 11.8 Å². The van der Waals surface area contributed by atoms with E-state index in [9.17, 15) is 9.59 Å². The highest BCUT2D eigenvalue weighted by molar-refractivity contribution is 7.98. The summed E-state index contributed by atoms with van der Waals surface area (Å²) in [6.07, 6.45) is 5.11. The van der Waals surface area contributed by atoms with Gasteiger partial charge < -0.3 is 9.73 Å². The zero-order chi connectivity index (χ0) is 15.1. The molecule has 0 aliphatic rings. The standard InChI is InChI=1S/C12H15N5O3S/c1-21-6-4-8(10(18)16-12-13-7-14-17-12)15-11(19)9-3-2-5-20-9/h2-3,5,7-8H,4,6H2,1H3,(H,15,19)(H2,13,14,16,17,18). The summed E-state index contributed by atoms with van der Waals surface area (Å²) < 4.78 is 5.01.